The number of hydrogen-bond acceptors (Lipinski definition) is 5. The number of rotatable bonds is 11. The lowest BCUT2D eigenvalue weighted by Crippen LogP contribution is -2.26. The second-order valence-electron chi connectivity index (χ2n) is 6.85. The van der Waals surface area contributed by atoms with Crippen LogP contribution in [0, 0.1) is 5.92 Å². The molecule has 24 heavy (non-hydrogen) atoms. The summed E-state index contributed by atoms with van der Waals surface area (Å²) in [7, 11) is 0.393. The van der Waals surface area contributed by atoms with E-state index in [0.29, 0.717) is 25.6 Å². The van der Waals surface area contributed by atoms with Gasteiger partial charge in [-0.2, -0.15) is 0 Å². The smallest absolute Gasteiger partial charge is 0.227 e. The Morgan fingerprint density at radius 1 is 1.42 bits per heavy atom. The Bertz CT molecular complexity index is 609. The summed E-state index contributed by atoms with van der Waals surface area (Å²) in [6.45, 7) is 4.97. The first kappa shape index (κ1) is 19.4. The van der Waals surface area contributed by atoms with Crippen LogP contribution in [0.3, 0.4) is 0 Å². The van der Waals surface area contributed by atoms with Crippen LogP contribution in [0.2, 0.25) is 0 Å². The van der Waals surface area contributed by atoms with E-state index in [-0.39, 0.29) is 10.9 Å². The minimum Gasteiger partial charge on any atom is -0.383 e. The first-order valence-corrected chi connectivity index (χ1v) is 10.6. The van der Waals surface area contributed by atoms with Gasteiger partial charge in [0, 0.05) is 26.7 Å². The first-order valence-electron chi connectivity index (χ1n) is 8.92. The van der Waals surface area contributed by atoms with E-state index in [4.69, 9.17) is 4.74 Å². The third-order valence-corrected chi connectivity index (χ3v) is 6.50. The van der Waals surface area contributed by atoms with Crippen molar-refractivity contribution in [3.63, 3.8) is 0 Å². The Hall–Kier alpha value is -0.920. The number of imidazole rings is 1. The summed E-state index contributed by atoms with van der Waals surface area (Å²) in [6, 6.07) is 0. The molecule has 0 amide bonds. The van der Waals surface area contributed by atoms with Crippen molar-refractivity contribution in [3.8, 4) is 0 Å². The van der Waals surface area contributed by atoms with Crippen LogP contribution in [0.4, 0.5) is 0 Å². The fourth-order valence-electron chi connectivity index (χ4n) is 2.97. The number of likely N-dealkylation sites (N-methyl/N-ethyl adjacent to an activating group) is 1. The molecule has 0 N–H and O–H groups in total. The molecule has 1 aliphatic carbocycles. The molecule has 1 aliphatic rings. The molecule has 0 radical (unpaired) electrons. The number of aromatic nitrogens is 2. The fourth-order valence-corrected chi connectivity index (χ4v) is 4.83. The van der Waals surface area contributed by atoms with E-state index < -0.39 is 9.84 Å². The van der Waals surface area contributed by atoms with Crippen LogP contribution in [-0.4, -0.2) is 55.9 Å². The van der Waals surface area contributed by atoms with E-state index in [2.05, 4.69) is 16.8 Å². The van der Waals surface area contributed by atoms with Gasteiger partial charge in [-0.25, -0.2) is 13.4 Å². The summed E-state index contributed by atoms with van der Waals surface area (Å²) < 4.78 is 32.6. The summed E-state index contributed by atoms with van der Waals surface area (Å²) in [5.74, 6) is 0.564. The highest BCUT2D eigenvalue weighted by molar-refractivity contribution is 7.91. The van der Waals surface area contributed by atoms with E-state index >= 15 is 0 Å². The Morgan fingerprint density at radius 3 is 2.75 bits per heavy atom. The van der Waals surface area contributed by atoms with Gasteiger partial charge in [0.05, 0.1) is 24.3 Å². The Labute approximate surface area is 146 Å². The van der Waals surface area contributed by atoms with Crippen molar-refractivity contribution in [1.29, 1.82) is 0 Å². The molecule has 0 saturated heterocycles. The van der Waals surface area contributed by atoms with Gasteiger partial charge in [0.25, 0.3) is 0 Å². The van der Waals surface area contributed by atoms with Crippen LogP contribution in [0.1, 0.15) is 44.7 Å². The second kappa shape index (κ2) is 8.97. The van der Waals surface area contributed by atoms with E-state index in [9.17, 15) is 8.42 Å². The molecule has 0 bridgehead atoms. The molecule has 1 saturated carbocycles. The fraction of sp³-hybridized carbons (Fsp3) is 0.824. The topological polar surface area (TPSA) is 64.4 Å². The predicted molar refractivity (Wildman–Crippen MR) is 94.7 cm³/mol. The van der Waals surface area contributed by atoms with Gasteiger partial charge in [0.1, 0.15) is 0 Å². The molecule has 7 heteroatoms. The number of sulfone groups is 1. The minimum atomic E-state index is -3.30. The molecule has 1 aromatic heterocycles. The molecule has 2 rings (SSSR count). The molecule has 0 spiro atoms. The zero-order valence-corrected chi connectivity index (χ0v) is 16.0. The molecule has 1 aromatic rings. The molecule has 0 atom stereocenters. The summed E-state index contributed by atoms with van der Waals surface area (Å²) in [5.41, 5.74) is 0.967. The van der Waals surface area contributed by atoms with Crippen molar-refractivity contribution in [2.24, 2.45) is 5.92 Å². The number of methoxy groups -OCH3 is 1. The molecule has 138 valence electrons. The number of unbranched alkanes of at least 4 members (excludes halogenated alkanes) is 1. The zero-order chi connectivity index (χ0) is 17.6. The maximum Gasteiger partial charge on any atom is 0.227 e. The molecule has 1 heterocycles. The van der Waals surface area contributed by atoms with Gasteiger partial charge in [-0.3, -0.25) is 4.90 Å². The molecule has 6 nitrogen and oxygen atoms in total. The average molecular weight is 358 g/mol. The highest BCUT2D eigenvalue weighted by Crippen LogP contribution is 2.29. The van der Waals surface area contributed by atoms with E-state index in [1.54, 1.807) is 13.3 Å². The van der Waals surface area contributed by atoms with Gasteiger partial charge in [-0.1, -0.05) is 19.8 Å². The third kappa shape index (κ3) is 5.04. The van der Waals surface area contributed by atoms with Gasteiger partial charge < -0.3 is 9.30 Å². The second-order valence-corrected chi connectivity index (χ2v) is 8.77. The van der Waals surface area contributed by atoms with Gasteiger partial charge in [0.2, 0.25) is 15.0 Å². The van der Waals surface area contributed by atoms with Gasteiger partial charge >= 0.3 is 0 Å². The average Bonchev–Trinajstić information content (AvgIpc) is 2.90. The number of hydrogen-bond donors (Lipinski definition) is 0. The van der Waals surface area contributed by atoms with Crippen molar-refractivity contribution in [1.82, 2.24) is 14.5 Å². The van der Waals surface area contributed by atoms with Crippen LogP contribution in [0.15, 0.2) is 11.4 Å². The zero-order valence-electron chi connectivity index (χ0n) is 15.2. The monoisotopic (exact) mass is 357 g/mol. The third-order valence-electron chi connectivity index (χ3n) is 4.70. The van der Waals surface area contributed by atoms with Gasteiger partial charge in [-0.05, 0) is 32.2 Å². The molecular weight excluding hydrogens is 326 g/mol. The highest BCUT2D eigenvalue weighted by Gasteiger charge is 2.29. The van der Waals surface area contributed by atoms with Crippen LogP contribution >= 0.6 is 0 Å². The summed E-state index contributed by atoms with van der Waals surface area (Å²) >= 11 is 0. The lowest BCUT2D eigenvalue weighted by Gasteiger charge is -2.25. The van der Waals surface area contributed by atoms with Crippen LogP contribution in [0.5, 0.6) is 0 Å². The highest BCUT2D eigenvalue weighted by atomic mass is 32.2. The first-order chi connectivity index (χ1) is 11.5. The number of nitrogens with zero attached hydrogens (tertiary/aromatic N) is 3. The maximum atomic E-state index is 12.8. The summed E-state index contributed by atoms with van der Waals surface area (Å²) in [5, 5.41) is 0.262. The van der Waals surface area contributed by atoms with Gasteiger partial charge in [-0.15, -0.1) is 0 Å². The molecule has 0 unspecified atom stereocenters. The van der Waals surface area contributed by atoms with E-state index in [1.165, 1.54) is 0 Å². The van der Waals surface area contributed by atoms with Crippen molar-refractivity contribution < 1.29 is 13.2 Å². The lowest BCUT2D eigenvalue weighted by molar-refractivity contribution is 0.157. The number of ether oxygens (including phenoxy) is 1. The minimum absolute atomic E-state index is 0.245. The predicted octanol–water partition coefficient (Wildman–Crippen LogP) is 2.34. The summed E-state index contributed by atoms with van der Waals surface area (Å²) in [4.78, 5) is 6.43. The summed E-state index contributed by atoms with van der Waals surface area (Å²) in [6.07, 6.45) is 6.92. The standard InChI is InChI=1S/C17H31N3O3S/c1-4-5-9-20-16(13-19(2)10-11-23-3)12-18-17(20)24(21,22)14-15-7-6-8-15/h12,15H,4-11,13-14H2,1-3H3. The normalized spacial score (nSPS) is 15.8. The Kier molecular flexibility index (Phi) is 7.25. The quantitative estimate of drug-likeness (QED) is 0.608. The largest absolute Gasteiger partial charge is 0.383 e. The van der Waals surface area contributed by atoms with Crippen molar-refractivity contribution in [2.75, 3.05) is 33.1 Å². The van der Waals surface area contributed by atoms with Gasteiger partial charge in [0.15, 0.2) is 0 Å². The molecule has 0 aliphatic heterocycles. The van der Waals surface area contributed by atoms with Crippen molar-refractivity contribution in [2.45, 2.75) is 57.3 Å². The Morgan fingerprint density at radius 2 is 2.17 bits per heavy atom. The molecule has 1 fully saturated rings. The van der Waals surface area contributed by atoms with Crippen molar-refractivity contribution >= 4 is 9.84 Å². The van der Waals surface area contributed by atoms with Crippen molar-refractivity contribution in [3.05, 3.63) is 11.9 Å². The molecule has 0 aromatic carbocycles. The molecular formula is C17H31N3O3S. The lowest BCUT2D eigenvalue weighted by atomic mass is 9.87. The van der Waals surface area contributed by atoms with Crippen LogP contribution in [0.25, 0.3) is 0 Å². The van der Waals surface area contributed by atoms with Crippen LogP contribution in [-0.2, 0) is 27.7 Å². The van der Waals surface area contributed by atoms with Crippen LogP contribution < -0.4 is 0 Å². The Balaban J connectivity index is 2.17. The van der Waals surface area contributed by atoms with E-state index in [1.807, 2.05) is 11.6 Å². The van der Waals surface area contributed by atoms with E-state index in [0.717, 1.165) is 44.3 Å². The maximum absolute atomic E-state index is 12.8. The SMILES string of the molecule is CCCCn1c(CN(C)CCOC)cnc1S(=O)(=O)CC1CCC1.